The van der Waals surface area contributed by atoms with Crippen LogP contribution in [0, 0.1) is 0 Å². The minimum absolute atomic E-state index is 0.00898. The molecule has 0 saturated heterocycles. The molecule has 0 aliphatic carbocycles. The Kier molecular flexibility index (Phi) is 7.45. The fourth-order valence-electron chi connectivity index (χ4n) is 3.69. The van der Waals surface area contributed by atoms with Gasteiger partial charge in [0.2, 0.25) is 5.91 Å². The molecule has 0 fully saturated rings. The van der Waals surface area contributed by atoms with Gasteiger partial charge in [-0.25, -0.2) is 0 Å². The third-order valence-corrected chi connectivity index (χ3v) is 6.81. The van der Waals surface area contributed by atoms with E-state index >= 15 is 0 Å². The molecular weight excluding hydrogens is 497 g/mol. The Morgan fingerprint density at radius 1 is 0.892 bits per heavy atom. The predicted molar refractivity (Wildman–Crippen MR) is 141 cm³/mol. The van der Waals surface area contributed by atoms with Gasteiger partial charge in [-0.15, -0.1) is 10.2 Å². The minimum atomic E-state index is -4.49. The summed E-state index contributed by atoms with van der Waals surface area (Å²) in [6, 6.07) is 22.3. The van der Waals surface area contributed by atoms with Gasteiger partial charge >= 0.3 is 6.18 Å². The lowest BCUT2D eigenvalue weighted by Crippen LogP contribution is -2.23. The Morgan fingerprint density at radius 2 is 1.57 bits per heavy atom. The normalized spacial score (nSPS) is 12.8. The highest BCUT2D eigenvalue weighted by Crippen LogP contribution is 2.33. The monoisotopic (exact) mass is 524 g/mol. The summed E-state index contributed by atoms with van der Waals surface area (Å²) in [7, 11) is 0. The van der Waals surface area contributed by atoms with Crippen LogP contribution in [0.3, 0.4) is 0 Å². The van der Waals surface area contributed by atoms with Gasteiger partial charge in [-0.2, -0.15) is 13.2 Å². The molecule has 0 radical (unpaired) electrons. The summed E-state index contributed by atoms with van der Waals surface area (Å²) in [6.07, 6.45) is -4.49. The second kappa shape index (κ2) is 10.4. The largest absolute Gasteiger partial charge is 0.416 e. The Bertz CT molecular complexity index is 1380. The smallest absolute Gasteiger partial charge is 0.325 e. The van der Waals surface area contributed by atoms with Crippen LogP contribution in [0.2, 0.25) is 0 Å². The van der Waals surface area contributed by atoms with Gasteiger partial charge < -0.3 is 5.32 Å². The molecule has 0 spiro atoms. The molecule has 37 heavy (non-hydrogen) atoms. The molecule has 0 aliphatic rings. The first kappa shape index (κ1) is 26.5. The average molecular weight is 525 g/mol. The number of anilines is 1. The van der Waals surface area contributed by atoms with Crippen LogP contribution in [0.15, 0.2) is 84.0 Å². The van der Waals surface area contributed by atoms with E-state index in [1.807, 2.05) is 47.0 Å². The molecule has 1 atom stereocenters. The molecular formula is C28H27F3N4OS. The lowest BCUT2D eigenvalue weighted by Gasteiger charge is -2.19. The number of hydrogen-bond donors (Lipinski definition) is 1. The van der Waals surface area contributed by atoms with Gasteiger partial charge in [0.15, 0.2) is 11.0 Å². The number of halogens is 3. The standard InChI is InChI=1S/C28H27F3N4OS/c1-18(25(36)32-22-10-8-9-21(17-22)28(29,30)31)37-26-34-33-24(35(26)23-11-6-5-7-12-23)19-13-15-20(16-14-19)27(2,3)4/h5-18H,1-4H3,(H,32,36). The topological polar surface area (TPSA) is 59.8 Å². The number of amides is 1. The Morgan fingerprint density at radius 3 is 2.19 bits per heavy atom. The van der Waals surface area contributed by atoms with E-state index < -0.39 is 22.9 Å². The summed E-state index contributed by atoms with van der Waals surface area (Å²) in [4.78, 5) is 12.9. The molecule has 9 heteroatoms. The zero-order valence-electron chi connectivity index (χ0n) is 20.9. The first-order valence-corrected chi connectivity index (χ1v) is 12.6. The summed E-state index contributed by atoms with van der Waals surface area (Å²) >= 11 is 1.18. The lowest BCUT2D eigenvalue weighted by atomic mass is 9.87. The maximum Gasteiger partial charge on any atom is 0.416 e. The molecule has 0 aliphatic heterocycles. The number of aromatic nitrogens is 3. The van der Waals surface area contributed by atoms with Gasteiger partial charge in [-0.1, -0.05) is 81.1 Å². The Labute approximate surface area is 218 Å². The Hall–Kier alpha value is -3.59. The highest BCUT2D eigenvalue weighted by atomic mass is 32.2. The van der Waals surface area contributed by atoms with Crippen molar-refractivity contribution in [1.82, 2.24) is 14.8 Å². The number of hydrogen-bond acceptors (Lipinski definition) is 4. The van der Waals surface area contributed by atoms with Crippen molar-refractivity contribution in [2.24, 2.45) is 0 Å². The molecule has 0 saturated carbocycles. The van der Waals surface area contributed by atoms with Gasteiger partial charge in [-0.3, -0.25) is 9.36 Å². The molecule has 3 aromatic carbocycles. The van der Waals surface area contributed by atoms with E-state index in [0.717, 1.165) is 23.4 Å². The SMILES string of the molecule is CC(Sc1nnc(-c2ccc(C(C)(C)C)cc2)n1-c1ccccc1)C(=O)Nc1cccc(C(F)(F)F)c1. The molecule has 4 aromatic rings. The zero-order chi connectivity index (χ0) is 26.8. The van der Waals surface area contributed by atoms with Gasteiger partial charge in [0.05, 0.1) is 10.8 Å². The first-order valence-electron chi connectivity index (χ1n) is 11.7. The first-order chi connectivity index (χ1) is 17.4. The molecule has 1 unspecified atom stereocenters. The van der Waals surface area contributed by atoms with Crippen LogP contribution in [-0.4, -0.2) is 25.9 Å². The summed E-state index contributed by atoms with van der Waals surface area (Å²) in [5.74, 6) is 0.183. The number of nitrogens with zero attached hydrogens (tertiary/aromatic N) is 3. The van der Waals surface area contributed by atoms with Crippen LogP contribution < -0.4 is 5.32 Å². The van der Waals surface area contributed by atoms with E-state index in [0.29, 0.717) is 11.0 Å². The maximum absolute atomic E-state index is 13.0. The van der Waals surface area contributed by atoms with Crippen molar-refractivity contribution in [3.05, 3.63) is 90.0 Å². The molecule has 1 N–H and O–H groups in total. The highest BCUT2D eigenvalue weighted by molar-refractivity contribution is 8.00. The van der Waals surface area contributed by atoms with Crippen LogP contribution in [0.1, 0.15) is 38.8 Å². The fourth-order valence-corrected chi connectivity index (χ4v) is 4.56. The summed E-state index contributed by atoms with van der Waals surface area (Å²) in [6.45, 7) is 8.12. The van der Waals surface area contributed by atoms with Crippen LogP contribution >= 0.6 is 11.8 Å². The van der Waals surface area contributed by atoms with Gasteiger partial charge in [0, 0.05) is 16.9 Å². The molecule has 192 valence electrons. The molecule has 1 amide bonds. The van der Waals surface area contributed by atoms with Crippen molar-refractivity contribution in [1.29, 1.82) is 0 Å². The number of nitrogens with one attached hydrogen (secondary N) is 1. The van der Waals surface area contributed by atoms with E-state index in [4.69, 9.17) is 0 Å². The van der Waals surface area contributed by atoms with Crippen molar-refractivity contribution >= 4 is 23.4 Å². The van der Waals surface area contributed by atoms with Crippen LogP contribution in [0.4, 0.5) is 18.9 Å². The molecule has 1 heterocycles. The molecule has 5 nitrogen and oxygen atoms in total. The van der Waals surface area contributed by atoms with E-state index in [2.05, 4.69) is 48.4 Å². The summed E-state index contributed by atoms with van der Waals surface area (Å²) in [5.41, 5.74) is 2.16. The van der Waals surface area contributed by atoms with Crippen molar-refractivity contribution in [3.8, 4) is 17.1 Å². The second-order valence-corrected chi connectivity index (χ2v) is 10.9. The van der Waals surface area contributed by atoms with Crippen LogP contribution in [0.5, 0.6) is 0 Å². The quantitative estimate of drug-likeness (QED) is 0.268. The van der Waals surface area contributed by atoms with Gasteiger partial charge in [0.1, 0.15) is 0 Å². The van der Waals surface area contributed by atoms with E-state index in [1.54, 1.807) is 6.92 Å². The van der Waals surface area contributed by atoms with Crippen LogP contribution in [-0.2, 0) is 16.4 Å². The molecule has 0 bridgehead atoms. The predicted octanol–water partition coefficient (Wildman–Crippen LogP) is 7.37. The Balaban J connectivity index is 1.61. The number of carbonyl (C=O) groups excluding carboxylic acids is 1. The number of para-hydroxylation sites is 1. The third kappa shape index (κ3) is 6.22. The van der Waals surface area contributed by atoms with E-state index in [1.165, 1.54) is 29.5 Å². The van der Waals surface area contributed by atoms with E-state index in [9.17, 15) is 18.0 Å². The van der Waals surface area contributed by atoms with E-state index in [-0.39, 0.29) is 11.1 Å². The second-order valence-electron chi connectivity index (χ2n) is 9.63. The maximum atomic E-state index is 13.0. The lowest BCUT2D eigenvalue weighted by molar-refractivity contribution is -0.137. The average Bonchev–Trinajstić information content (AvgIpc) is 3.27. The summed E-state index contributed by atoms with van der Waals surface area (Å²) < 4.78 is 41.0. The molecule has 4 rings (SSSR count). The number of benzene rings is 3. The number of thioether (sulfide) groups is 1. The van der Waals surface area contributed by atoms with Gasteiger partial charge in [0.25, 0.3) is 0 Å². The zero-order valence-corrected chi connectivity index (χ0v) is 21.7. The third-order valence-electron chi connectivity index (χ3n) is 5.77. The van der Waals surface area contributed by atoms with Crippen molar-refractivity contribution in [2.75, 3.05) is 5.32 Å². The number of alkyl halides is 3. The molecule has 1 aromatic heterocycles. The number of carbonyl (C=O) groups is 1. The minimum Gasteiger partial charge on any atom is -0.325 e. The fraction of sp³-hybridized carbons (Fsp3) is 0.250. The van der Waals surface area contributed by atoms with Gasteiger partial charge in [-0.05, 0) is 48.2 Å². The van der Waals surface area contributed by atoms with Crippen LogP contribution in [0.25, 0.3) is 17.1 Å². The van der Waals surface area contributed by atoms with Crippen molar-refractivity contribution < 1.29 is 18.0 Å². The number of rotatable bonds is 6. The van der Waals surface area contributed by atoms with Crippen molar-refractivity contribution in [3.63, 3.8) is 0 Å². The van der Waals surface area contributed by atoms with Crippen molar-refractivity contribution in [2.45, 2.75) is 49.7 Å². The summed E-state index contributed by atoms with van der Waals surface area (Å²) in [5, 5.41) is 11.2. The highest BCUT2D eigenvalue weighted by Gasteiger charge is 2.31.